The number of amides is 4. The zero-order valence-corrected chi connectivity index (χ0v) is 30.0. The minimum absolute atomic E-state index is 0.0299. The van der Waals surface area contributed by atoms with Gasteiger partial charge in [-0.25, -0.2) is 13.2 Å². The molecule has 4 aliphatic rings. The first-order chi connectivity index (χ1) is 22.6. The Morgan fingerprint density at radius 2 is 1.92 bits per heavy atom. The molecule has 48 heavy (non-hydrogen) atoms. The summed E-state index contributed by atoms with van der Waals surface area (Å²) in [5, 5.41) is 4.90. The normalized spacial score (nSPS) is 29.1. The van der Waals surface area contributed by atoms with Gasteiger partial charge in [0.05, 0.1) is 18.4 Å². The molecule has 3 fully saturated rings. The van der Waals surface area contributed by atoms with Crippen molar-refractivity contribution >= 4 is 49.8 Å². The first kappa shape index (κ1) is 35.9. The van der Waals surface area contributed by atoms with Crippen molar-refractivity contribution in [1.29, 1.82) is 0 Å². The standard InChI is InChI=1S/C34H45BrN4O8S/c1-5-22-19-34(22,31(42)38-48(44,45)25-14-15-25)37-29(40)26-18-24-20-39(26)30(41)28(33(2,3)4)36-32(43)46-16-10-8-6-7-9-11-21-12-13-23(35)17-27(21)47-24/h5,7,9,12-13,17,22,24-26,28H,1,6,8,10-11,14-16,18-20H2,2-4H3,(H,36,43)(H,37,40)(H,38,42)/b9-7+/t22-,24-,26+,28-,34-/m1/s1. The van der Waals surface area contributed by atoms with Crippen molar-refractivity contribution in [2.45, 2.75) is 101 Å². The van der Waals surface area contributed by atoms with E-state index in [4.69, 9.17) is 9.47 Å². The topological polar surface area (TPSA) is 160 Å². The average Bonchev–Trinajstić information content (AvgIpc) is 3.94. The number of fused-ring (bicyclic) bond motifs is 3. The summed E-state index contributed by atoms with van der Waals surface area (Å²) in [6.45, 7) is 9.40. The van der Waals surface area contributed by atoms with Crippen LogP contribution in [0.25, 0.3) is 0 Å². The lowest BCUT2D eigenvalue weighted by molar-refractivity contribution is -0.142. The monoisotopic (exact) mass is 748 g/mol. The van der Waals surface area contributed by atoms with Crippen molar-refractivity contribution in [3.05, 3.63) is 53.0 Å². The van der Waals surface area contributed by atoms with Crippen molar-refractivity contribution in [2.24, 2.45) is 11.3 Å². The van der Waals surface area contributed by atoms with Crippen LogP contribution in [0.3, 0.4) is 0 Å². The summed E-state index contributed by atoms with van der Waals surface area (Å²) in [7, 11) is -3.87. The molecular formula is C34H45BrN4O8S. The van der Waals surface area contributed by atoms with Crippen molar-refractivity contribution in [3.8, 4) is 5.75 Å². The SMILES string of the molecule is C=C[C@@H]1C[C@]1(NC(=O)[C@@H]1C[C@@H]2CN1C(=O)[C@H](C(C)(C)C)NC(=O)OCCCC/C=C/Cc1ccc(Br)cc1O2)C(=O)NS(=O)(=O)C1CC1. The molecule has 5 rings (SSSR count). The van der Waals surface area contributed by atoms with Crippen molar-refractivity contribution in [3.63, 3.8) is 0 Å². The molecule has 1 aromatic rings. The molecular weight excluding hydrogens is 704 g/mol. The quantitative estimate of drug-likeness (QED) is 0.370. The first-order valence-corrected chi connectivity index (χ1v) is 18.8. The number of hydrogen-bond acceptors (Lipinski definition) is 8. The smallest absolute Gasteiger partial charge is 0.407 e. The maximum atomic E-state index is 14.3. The van der Waals surface area contributed by atoms with E-state index in [-0.39, 0.29) is 26.0 Å². The van der Waals surface area contributed by atoms with Crippen LogP contribution < -0.4 is 20.1 Å². The molecule has 14 heteroatoms. The highest BCUT2D eigenvalue weighted by Crippen LogP contribution is 2.45. The third-order valence-corrected chi connectivity index (χ3v) is 11.6. The van der Waals surface area contributed by atoms with Gasteiger partial charge in [0.1, 0.15) is 29.5 Å². The number of nitrogens with zero attached hydrogens (tertiary/aromatic N) is 1. The molecule has 5 atom stereocenters. The number of allylic oxidation sites excluding steroid dienone is 2. The third kappa shape index (κ3) is 8.24. The second kappa shape index (κ2) is 14.2. The van der Waals surface area contributed by atoms with Gasteiger partial charge in [0.25, 0.3) is 5.91 Å². The number of halogens is 1. The van der Waals surface area contributed by atoms with Crippen molar-refractivity contribution < 1.29 is 37.1 Å². The van der Waals surface area contributed by atoms with E-state index in [1.165, 1.54) is 11.0 Å². The second-order valence-electron chi connectivity index (χ2n) is 14.2. The van der Waals surface area contributed by atoms with E-state index in [0.717, 1.165) is 22.9 Å². The molecule has 3 N–H and O–H groups in total. The summed E-state index contributed by atoms with van der Waals surface area (Å²) in [4.78, 5) is 56.1. The van der Waals surface area contributed by atoms with Crippen LogP contribution in [-0.4, -0.2) is 79.3 Å². The first-order valence-electron chi connectivity index (χ1n) is 16.5. The lowest BCUT2D eigenvalue weighted by Crippen LogP contribution is -2.60. The number of alkyl carbamates (subject to hydrolysis) is 1. The number of ether oxygens (including phenoxy) is 2. The molecule has 2 aliphatic carbocycles. The van der Waals surface area contributed by atoms with Gasteiger partial charge in [-0.3, -0.25) is 19.1 Å². The number of hydrogen-bond donors (Lipinski definition) is 3. The molecule has 12 nitrogen and oxygen atoms in total. The van der Waals surface area contributed by atoms with Gasteiger partial charge in [-0.05, 0) is 68.1 Å². The maximum absolute atomic E-state index is 14.3. The predicted molar refractivity (Wildman–Crippen MR) is 182 cm³/mol. The molecule has 2 heterocycles. The number of nitrogens with one attached hydrogen (secondary N) is 3. The molecule has 1 saturated heterocycles. The van der Waals surface area contributed by atoms with Crippen LogP contribution in [-0.2, 0) is 35.6 Å². The molecule has 0 aromatic heterocycles. The molecule has 1 aromatic carbocycles. The highest BCUT2D eigenvalue weighted by Gasteiger charge is 2.62. The van der Waals surface area contributed by atoms with Crippen molar-refractivity contribution in [2.75, 3.05) is 13.2 Å². The minimum Gasteiger partial charge on any atom is -0.488 e. The Morgan fingerprint density at radius 3 is 2.58 bits per heavy atom. The van der Waals surface area contributed by atoms with Crippen LogP contribution in [0.2, 0.25) is 0 Å². The number of carbonyl (C=O) groups is 4. The lowest BCUT2D eigenvalue weighted by atomic mass is 9.85. The maximum Gasteiger partial charge on any atom is 0.407 e. The zero-order valence-electron chi connectivity index (χ0n) is 27.6. The summed E-state index contributed by atoms with van der Waals surface area (Å²) in [5.41, 5.74) is -1.35. The Morgan fingerprint density at radius 1 is 1.17 bits per heavy atom. The molecule has 262 valence electrons. The average molecular weight is 750 g/mol. The highest BCUT2D eigenvalue weighted by atomic mass is 79.9. The van der Waals surface area contributed by atoms with E-state index in [1.54, 1.807) is 20.8 Å². The largest absolute Gasteiger partial charge is 0.488 e. The van der Waals surface area contributed by atoms with Crippen LogP contribution >= 0.6 is 15.9 Å². The van der Waals surface area contributed by atoms with Crippen LogP contribution in [0.5, 0.6) is 5.75 Å². The van der Waals surface area contributed by atoms with E-state index in [0.29, 0.717) is 31.4 Å². The van der Waals surface area contributed by atoms with Gasteiger partial charge < -0.3 is 25.0 Å². The molecule has 0 radical (unpaired) electrons. The Bertz CT molecular complexity index is 1590. The van der Waals surface area contributed by atoms with E-state index in [9.17, 15) is 27.6 Å². The molecule has 4 amide bonds. The summed E-state index contributed by atoms with van der Waals surface area (Å²) in [6.07, 6.45) is 8.41. The molecule has 2 bridgehead atoms. The molecule has 0 spiro atoms. The van der Waals surface area contributed by atoms with Crippen molar-refractivity contribution in [1.82, 2.24) is 20.3 Å². The fourth-order valence-corrected chi connectivity index (χ4v) is 7.92. The third-order valence-electron chi connectivity index (χ3n) is 9.30. The zero-order chi connectivity index (χ0) is 34.9. The van der Waals surface area contributed by atoms with Gasteiger partial charge in [0.15, 0.2) is 0 Å². The highest BCUT2D eigenvalue weighted by molar-refractivity contribution is 9.10. The van der Waals surface area contributed by atoms with Crippen LogP contribution in [0, 0.1) is 11.3 Å². The number of rotatable bonds is 6. The Balaban J connectivity index is 1.46. The van der Waals surface area contributed by atoms with Gasteiger partial charge in [-0.1, -0.05) is 61.0 Å². The van der Waals surface area contributed by atoms with Gasteiger partial charge in [-0.2, -0.15) is 0 Å². The molecule has 2 saturated carbocycles. The van der Waals surface area contributed by atoms with Crippen LogP contribution in [0.15, 0.2) is 47.5 Å². The van der Waals surface area contributed by atoms with E-state index in [1.807, 2.05) is 18.2 Å². The Labute approximate surface area is 290 Å². The van der Waals surface area contributed by atoms with Gasteiger partial charge in [0.2, 0.25) is 21.8 Å². The summed E-state index contributed by atoms with van der Waals surface area (Å²) < 4.78 is 40.1. The predicted octanol–water partition coefficient (Wildman–Crippen LogP) is 3.89. The van der Waals surface area contributed by atoms with Gasteiger partial charge >= 0.3 is 6.09 Å². The number of carbonyl (C=O) groups excluding carboxylic acids is 4. The number of benzene rings is 1. The second-order valence-corrected chi connectivity index (χ2v) is 17.0. The Hall–Kier alpha value is -3.39. The fraction of sp³-hybridized carbons (Fsp3) is 0.588. The van der Waals surface area contributed by atoms with E-state index < -0.39 is 74.1 Å². The number of cyclic esters (lactones) is 1. The van der Waals surface area contributed by atoms with E-state index >= 15 is 0 Å². The van der Waals surface area contributed by atoms with Crippen LogP contribution in [0.1, 0.15) is 71.3 Å². The lowest BCUT2D eigenvalue weighted by Gasteiger charge is -2.35. The van der Waals surface area contributed by atoms with E-state index in [2.05, 4.69) is 50.0 Å². The molecule has 2 aliphatic heterocycles. The molecule has 0 unspecified atom stereocenters. The van der Waals surface area contributed by atoms with Gasteiger partial charge in [0, 0.05) is 16.8 Å². The minimum atomic E-state index is -3.87. The Kier molecular flexibility index (Phi) is 10.6. The van der Waals surface area contributed by atoms with Gasteiger partial charge in [-0.15, -0.1) is 6.58 Å². The van der Waals surface area contributed by atoms with Crippen LogP contribution in [0.4, 0.5) is 4.79 Å². The fourth-order valence-electron chi connectivity index (χ4n) is 6.21. The number of sulfonamides is 1. The summed E-state index contributed by atoms with van der Waals surface area (Å²) in [6, 6.07) is 3.61. The summed E-state index contributed by atoms with van der Waals surface area (Å²) in [5.74, 6) is -1.84. The summed E-state index contributed by atoms with van der Waals surface area (Å²) >= 11 is 3.52.